The maximum Gasteiger partial charge on any atom is 0.280 e. The quantitative estimate of drug-likeness (QED) is 0.336. The van der Waals surface area contributed by atoms with Gasteiger partial charge in [0.1, 0.15) is 16.7 Å². The lowest BCUT2D eigenvalue weighted by molar-refractivity contribution is 0.884. The Balaban J connectivity index is 1.58. The number of halogens is 1. The number of hydrogen-bond donors (Lipinski definition) is 1. The number of fused-ring (bicyclic) bond motifs is 3. The van der Waals surface area contributed by atoms with E-state index in [-0.39, 0.29) is 5.56 Å². The number of nitrogens with zero attached hydrogens (tertiary/aromatic N) is 3. The van der Waals surface area contributed by atoms with Gasteiger partial charge in [0.15, 0.2) is 0 Å². The fourth-order valence-corrected chi connectivity index (χ4v) is 4.43. The Bertz CT molecular complexity index is 1690. The molecule has 6 rings (SSSR count). The SMILES string of the molecule is O=c1c(=Cc2cn(-c3ccccc3)nc2-c2ccc(I)cc2)[nH]c2cc3ccccc3n12. The molecule has 0 saturated carbocycles. The molecule has 0 atom stereocenters. The molecule has 3 aromatic carbocycles. The Labute approximate surface area is 196 Å². The lowest BCUT2D eigenvalue weighted by Gasteiger charge is -2.00. The molecule has 6 heteroatoms. The summed E-state index contributed by atoms with van der Waals surface area (Å²) in [6, 6.07) is 28.1. The van der Waals surface area contributed by atoms with Crippen LogP contribution < -0.4 is 10.9 Å². The number of benzene rings is 3. The summed E-state index contributed by atoms with van der Waals surface area (Å²) in [6.07, 6.45) is 3.86. The molecular weight excluding hydrogens is 511 g/mol. The predicted molar refractivity (Wildman–Crippen MR) is 136 cm³/mol. The third-order valence-corrected chi connectivity index (χ3v) is 6.31. The van der Waals surface area contributed by atoms with Crippen LogP contribution in [-0.4, -0.2) is 19.2 Å². The molecule has 154 valence electrons. The molecule has 0 unspecified atom stereocenters. The van der Waals surface area contributed by atoms with E-state index in [1.165, 1.54) is 0 Å². The minimum absolute atomic E-state index is 0.0674. The van der Waals surface area contributed by atoms with Crippen molar-refractivity contribution in [3.05, 3.63) is 116 Å². The van der Waals surface area contributed by atoms with Crippen LogP contribution in [0.2, 0.25) is 0 Å². The Kier molecular flexibility index (Phi) is 4.46. The van der Waals surface area contributed by atoms with E-state index in [0.29, 0.717) is 5.35 Å². The predicted octanol–water partition coefficient (Wildman–Crippen LogP) is 4.79. The van der Waals surface area contributed by atoms with Gasteiger partial charge in [-0.25, -0.2) is 4.68 Å². The van der Waals surface area contributed by atoms with E-state index in [4.69, 9.17) is 5.10 Å². The minimum Gasteiger partial charge on any atom is -0.337 e. The maximum atomic E-state index is 13.2. The number of aromatic nitrogens is 4. The normalized spacial score (nSPS) is 12.2. The van der Waals surface area contributed by atoms with Crippen molar-refractivity contribution in [1.29, 1.82) is 0 Å². The summed E-state index contributed by atoms with van der Waals surface area (Å²) in [5, 5.41) is 6.43. The molecule has 5 nitrogen and oxygen atoms in total. The lowest BCUT2D eigenvalue weighted by atomic mass is 10.1. The summed E-state index contributed by atoms with van der Waals surface area (Å²) in [5.41, 5.74) is 5.29. The van der Waals surface area contributed by atoms with Crippen molar-refractivity contribution < 1.29 is 0 Å². The summed E-state index contributed by atoms with van der Waals surface area (Å²) in [4.78, 5) is 16.5. The Morgan fingerprint density at radius 2 is 1.66 bits per heavy atom. The van der Waals surface area contributed by atoms with Gasteiger partial charge in [-0.15, -0.1) is 0 Å². The van der Waals surface area contributed by atoms with Crippen LogP contribution in [0.3, 0.4) is 0 Å². The fourth-order valence-electron chi connectivity index (χ4n) is 4.07. The van der Waals surface area contributed by atoms with E-state index in [0.717, 1.165) is 42.6 Å². The first-order valence-corrected chi connectivity index (χ1v) is 11.3. The van der Waals surface area contributed by atoms with Gasteiger partial charge in [-0.2, -0.15) is 5.10 Å². The minimum atomic E-state index is -0.0674. The zero-order chi connectivity index (χ0) is 21.7. The number of para-hydroxylation sites is 2. The molecule has 6 aromatic rings. The highest BCUT2D eigenvalue weighted by molar-refractivity contribution is 14.1. The van der Waals surface area contributed by atoms with Crippen LogP contribution in [-0.2, 0) is 0 Å². The fraction of sp³-hybridized carbons (Fsp3) is 0. The standard InChI is InChI=1S/C26H17IN4O/c27-20-12-10-17(11-13-20)25-19(16-30(29-25)21-7-2-1-3-8-21)14-22-26(32)31-23-9-5-4-6-18(23)15-24(31)28-22/h1-16,28H. The number of imidazole rings is 1. The molecule has 0 aliphatic rings. The molecule has 0 spiro atoms. The first-order valence-electron chi connectivity index (χ1n) is 10.2. The van der Waals surface area contributed by atoms with Crippen LogP contribution in [0.5, 0.6) is 0 Å². The maximum absolute atomic E-state index is 13.2. The second-order valence-electron chi connectivity index (χ2n) is 7.63. The highest BCUT2D eigenvalue weighted by atomic mass is 127. The summed E-state index contributed by atoms with van der Waals surface area (Å²) in [7, 11) is 0. The van der Waals surface area contributed by atoms with E-state index in [9.17, 15) is 4.79 Å². The summed E-state index contributed by atoms with van der Waals surface area (Å²) in [5.74, 6) is 0. The van der Waals surface area contributed by atoms with E-state index in [1.54, 1.807) is 4.40 Å². The van der Waals surface area contributed by atoms with Crippen LogP contribution in [0.25, 0.3) is 39.6 Å². The largest absolute Gasteiger partial charge is 0.337 e. The number of hydrogen-bond acceptors (Lipinski definition) is 2. The van der Waals surface area contributed by atoms with Gasteiger partial charge in [-0.3, -0.25) is 9.20 Å². The third-order valence-electron chi connectivity index (χ3n) is 5.59. The summed E-state index contributed by atoms with van der Waals surface area (Å²) < 4.78 is 4.75. The Morgan fingerprint density at radius 1 is 0.906 bits per heavy atom. The van der Waals surface area contributed by atoms with E-state index < -0.39 is 0 Å². The average Bonchev–Trinajstić information content (AvgIpc) is 3.48. The summed E-state index contributed by atoms with van der Waals surface area (Å²) in [6.45, 7) is 0. The molecule has 0 saturated heterocycles. The van der Waals surface area contributed by atoms with Crippen molar-refractivity contribution >= 4 is 45.2 Å². The van der Waals surface area contributed by atoms with Gasteiger partial charge in [-0.1, -0.05) is 48.5 Å². The Morgan fingerprint density at radius 3 is 2.47 bits per heavy atom. The van der Waals surface area contributed by atoms with Crippen molar-refractivity contribution in [2.75, 3.05) is 0 Å². The van der Waals surface area contributed by atoms with Crippen LogP contribution in [0.4, 0.5) is 0 Å². The molecule has 32 heavy (non-hydrogen) atoms. The highest BCUT2D eigenvalue weighted by Gasteiger charge is 2.13. The van der Waals surface area contributed by atoms with Crippen LogP contribution in [0.1, 0.15) is 5.56 Å². The van der Waals surface area contributed by atoms with Crippen LogP contribution in [0, 0.1) is 3.57 Å². The van der Waals surface area contributed by atoms with Crippen LogP contribution >= 0.6 is 22.6 Å². The molecule has 0 amide bonds. The molecule has 1 N–H and O–H groups in total. The van der Waals surface area contributed by atoms with E-state index in [2.05, 4.69) is 51.8 Å². The zero-order valence-electron chi connectivity index (χ0n) is 16.9. The number of nitrogens with one attached hydrogen (secondary N) is 1. The first kappa shape index (κ1) is 19.1. The van der Waals surface area contributed by atoms with Crippen molar-refractivity contribution in [2.24, 2.45) is 0 Å². The highest BCUT2D eigenvalue weighted by Crippen LogP contribution is 2.25. The average molecular weight is 528 g/mol. The van der Waals surface area contributed by atoms with Gasteiger partial charge >= 0.3 is 0 Å². The second kappa shape index (κ2) is 7.49. The summed E-state index contributed by atoms with van der Waals surface area (Å²) >= 11 is 2.29. The third kappa shape index (κ3) is 3.15. The number of aromatic amines is 1. The monoisotopic (exact) mass is 528 g/mol. The molecule has 0 aliphatic heterocycles. The van der Waals surface area contributed by atoms with Crippen molar-refractivity contribution in [1.82, 2.24) is 19.2 Å². The molecule has 0 fully saturated rings. The zero-order valence-corrected chi connectivity index (χ0v) is 19.0. The van der Waals surface area contributed by atoms with Crippen molar-refractivity contribution in [3.8, 4) is 16.9 Å². The van der Waals surface area contributed by atoms with Gasteiger partial charge in [-0.05, 0) is 65.1 Å². The molecule has 0 aliphatic carbocycles. The van der Waals surface area contributed by atoms with E-state index >= 15 is 0 Å². The molecule has 3 heterocycles. The topological polar surface area (TPSA) is 55.1 Å². The van der Waals surface area contributed by atoms with Crippen molar-refractivity contribution in [3.63, 3.8) is 0 Å². The number of rotatable bonds is 3. The molecule has 3 aromatic heterocycles. The van der Waals surface area contributed by atoms with Gasteiger partial charge in [0.05, 0.1) is 11.2 Å². The van der Waals surface area contributed by atoms with Crippen LogP contribution in [0.15, 0.2) is 95.9 Å². The van der Waals surface area contributed by atoms with Gasteiger partial charge in [0.2, 0.25) is 0 Å². The smallest absolute Gasteiger partial charge is 0.280 e. The van der Waals surface area contributed by atoms with E-state index in [1.807, 2.05) is 77.6 Å². The Hall–Kier alpha value is -3.65. The number of H-pyrrole nitrogens is 1. The molecule has 0 bridgehead atoms. The molecular formula is C26H17IN4O. The second-order valence-corrected chi connectivity index (χ2v) is 8.88. The van der Waals surface area contributed by atoms with Gasteiger partial charge < -0.3 is 4.98 Å². The van der Waals surface area contributed by atoms with Gasteiger partial charge in [0, 0.05) is 26.3 Å². The van der Waals surface area contributed by atoms with Crippen molar-refractivity contribution in [2.45, 2.75) is 0 Å². The molecule has 0 radical (unpaired) electrons. The van der Waals surface area contributed by atoms with Gasteiger partial charge in [0.25, 0.3) is 5.56 Å². The first-order chi connectivity index (χ1) is 15.7. The lowest BCUT2D eigenvalue weighted by Crippen LogP contribution is -2.25.